The first-order valence-electron chi connectivity index (χ1n) is 5.00. The quantitative estimate of drug-likeness (QED) is 0.584. The average Bonchev–Trinajstić information content (AvgIpc) is 2.54. The summed E-state index contributed by atoms with van der Waals surface area (Å²) < 4.78 is 0.411. The van der Waals surface area contributed by atoms with Crippen LogP contribution < -0.4 is 0 Å². The lowest BCUT2D eigenvalue weighted by Gasteiger charge is -1.98. The molecule has 0 bridgehead atoms. The van der Waals surface area contributed by atoms with Gasteiger partial charge in [-0.15, -0.1) is 0 Å². The number of nitrogens with one attached hydrogen (secondary N) is 2. The van der Waals surface area contributed by atoms with Crippen LogP contribution in [0.15, 0.2) is 12.1 Å². The van der Waals surface area contributed by atoms with E-state index < -0.39 is 0 Å². The van der Waals surface area contributed by atoms with Gasteiger partial charge in [-0.2, -0.15) is 5.10 Å². The zero-order chi connectivity index (χ0) is 11.3. The molecule has 4 nitrogen and oxygen atoms in total. The number of H-pyrrole nitrogens is 2. The third-order valence-electron chi connectivity index (χ3n) is 2.67. The summed E-state index contributed by atoms with van der Waals surface area (Å²) >= 11 is 4.99. The molecule has 0 amide bonds. The van der Waals surface area contributed by atoms with Gasteiger partial charge in [-0.05, 0) is 43.3 Å². The van der Waals surface area contributed by atoms with E-state index in [1.165, 1.54) is 11.1 Å². The molecule has 0 fully saturated rings. The molecule has 0 aliphatic heterocycles. The van der Waals surface area contributed by atoms with E-state index in [1.54, 1.807) is 0 Å². The van der Waals surface area contributed by atoms with Crippen LogP contribution in [-0.2, 0) is 0 Å². The molecule has 0 spiro atoms. The maximum Gasteiger partial charge on any atom is 0.214 e. The van der Waals surface area contributed by atoms with Crippen LogP contribution in [0.25, 0.3) is 22.1 Å². The van der Waals surface area contributed by atoms with Crippen molar-refractivity contribution in [2.45, 2.75) is 13.8 Å². The maximum atomic E-state index is 4.99. The Hall–Kier alpha value is -1.75. The number of hydrogen-bond donors (Lipinski definition) is 2. The molecule has 0 saturated carbocycles. The first-order valence-corrected chi connectivity index (χ1v) is 5.41. The molecular weight excluding hydrogens is 220 g/mol. The molecule has 0 radical (unpaired) electrons. The summed E-state index contributed by atoms with van der Waals surface area (Å²) in [7, 11) is 0. The third kappa shape index (κ3) is 1.25. The standard InChI is InChI=1S/C11H10N4S/c1-5-3-6(2)8-7(4-5)12-10-9(8)13-11(16)15-14-10/h3-4H,1-2H3,(H,12,14)(H,13,15,16). The highest BCUT2D eigenvalue weighted by Crippen LogP contribution is 2.26. The smallest absolute Gasteiger partial charge is 0.214 e. The third-order valence-corrected chi connectivity index (χ3v) is 2.85. The Kier molecular flexibility index (Phi) is 1.85. The molecule has 0 atom stereocenters. The van der Waals surface area contributed by atoms with Crippen molar-refractivity contribution in [3.05, 3.63) is 28.0 Å². The molecule has 2 N–H and O–H groups in total. The number of nitrogens with zero attached hydrogens (tertiary/aromatic N) is 2. The van der Waals surface area contributed by atoms with Crippen LogP contribution in [0.1, 0.15) is 11.1 Å². The van der Waals surface area contributed by atoms with Crippen molar-refractivity contribution >= 4 is 34.3 Å². The van der Waals surface area contributed by atoms with Gasteiger partial charge in [0.25, 0.3) is 0 Å². The number of rotatable bonds is 0. The molecule has 5 heteroatoms. The van der Waals surface area contributed by atoms with Gasteiger partial charge in [0.05, 0.1) is 0 Å². The van der Waals surface area contributed by atoms with Gasteiger partial charge >= 0.3 is 0 Å². The molecule has 1 aromatic carbocycles. The number of aromatic amines is 2. The topological polar surface area (TPSA) is 57.4 Å². The fourth-order valence-electron chi connectivity index (χ4n) is 2.11. The van der Waals surface area contributed by atoms with E-state index in [9.17, 15) is 0 Å². The summed E-state index contributed by atoms with van der Waals surface area (Å²) in [5.41, 5.74) is 5.06. The molecular formula is C11H10N4S. The van der Waals surface area contributed by atoms with E-state index in [4.69, 9.17) is 12.2 Å². The van der Waals surface area contributed by atoms with E-state index >= 15 is 0 Å². The van der Waals surface area contributed by atoms with Crippen molar-refractivity contribution < 1.29 is 0 Å². The number of hydrogen-bond acceptors (Lipinski definition) is 3. The monoisotopic (exact) mass is 230 g/mol. The molecule has 2 aromatic heterocycles. The van der Waals surface area contributed by atoms with Crippen molar-refractivity contribution in [3.8, 4) is 0 Å². The van der Waals surface area contributed by atoms with Gasteiger partial charge in [-0.3, -0.25) is 0 Å². The highest BCUT2D eigenvalue weighted by Gasteiger charge is 2.09. The molecule has 2 heterocycles. The Labute approximate surface area is 96.7 Å². The minimum Gasteiger partial charge on any atom is -0.336 e. The highest BCUT2D eigenvalue weighted by atomic mass is 32.1. The van der Waals surface area contributed by atoms with E-state index in [2.05, 4.69) is 46.1 Å². The SMILES string of the molecule is Cc1cc(C)c2c(c1)[nH]c1n[nH]c(=S)nc12. The Morgan fingerprint density at radius 1 is 1.25 bits per heavy atom. The summed E-state index contributed by atoms with van der Waals surface area (Å²) in [6.07, 6.45) is 0. The molecule has 3 rings (SSSR count). The van der Waals surface area contributed by atoms with E-state index in [0.29, 0.717) is 4.77 Å². The number of aromatic nitrogens is 4. The second-order valence-corrected chi connectivity index (χ2v) is 4.35. The second kappa shape index (κ2) is 3.12. The lowest BCUT2D eigenvalue weighted by molar-refractivity contribution is 0.992. The van der Waals surface area contributed by atoms with Crippen LogP contribution in [-0.4, -0.2) is 20.2 Å². The molecule has 0 aliphatic carbocycles. The molecule has 16 heavy (non-hydrogen) atoms. The average molecular weight is 230 g/mol. The maximum absolute atomic E-state index is 4.99. The van der Waals surface area contributed by atoms with Crippen molar-refractivity contribution in [1.29, 1.82) is 0 Å². The van der Waals surface area contributed by atoms with Crippen LogP contribution in [0, 0.1) is 18.6 Å². The Morgan fingerprint density at radius 2 is 2.06 bits per heavy atom. The molecule has 80 valence electrons. The van der Waals surface area contributed by atoms with Crippen molar-refractivity contribution in [2.75, 3.05) is 0 Å². The van der Waals surface area contributed by atoms with Crippen LogP contribution in [0.5, 0.6) is 0 Å². The minimum absolute atomic E-state index is 0.411. The second-order valence-electron chi connectivity index (χ2n) is 3.97. The predicted octanol–water partition coefficient (Wildman–Crippen LogP) is 2.79. The zero-order valence-electron chi connectivity index (χ0n) is 8.96. The summed E-state index contributed by atoms with van der Waals surface area (Å²) in [5, 5.41) is 7.94. The zero-order valence-corrected chi connectivity index (χ0v) is 9.77. The Morgan fingerprint density at radius 3 is 2.88 bits per heavy atom. The molecule has 3 aromatic rings. The summed E-state index contributed by atoms with van der Waals surface area (Å²) in [6, 6.07) is 4.23. The van der Waals surface area contributed by atoms with Crippen molar-refractivity contribution in [3.63, 3.8) is 0 Å². The summed E-state index contributed by atoms with van der Waals surface area (Å²) in [5.74, 6) is 0. The molecule has 0 unspecified atom stereocenters. The van der Waals surface area contributed by atoms with Crippen molar-refractivity contribution in [1.82, 2.24) is 20.2 Å². The number of benzene rings is 1. The van der Waals surface area contributed by atoms with Crippen LogP contribution in [0.2, 0.25) is 0 Å². The van der Waals surface area contributed by atoms with Crippen LogP contribution in [0.3, 0.4) is 0 Å². The van der Waals surface area contributed by atoms with Gasteiger partial charge in [-0.1, -0.05) is 6.07 Å². The first-order chi connectivity index (χ1) is 7.65. The van der Waals surface area contributed by atoms with E-state index in [1.807, 2.05) is 0 Å². The highest BCUT2D eigenvalue weighted by molar-refractivity contribution is 7.71. The fraction of sp³-hybridized carbons (Fsp3) is 0.182. The van der Waals surface area contributed by atoms with E-state index in [0.717, 1.165) is 22.1 Å². The van der Waals surface area contributed by atoms with Gasteiger partial charge in [0, 0.05) is 10.9 Å². The fourth-order valence-corrected chi connectivity index (χ4v) is 2.24. The van der Waals surface area contributed by atoms with Gasteiger partial charge < -0.3 is 4.98 Å². The van der Waals surface area contributed by atoms with Crippen LogP contribution in [0.4, 0.5) is 0 Å². The number of aryl methyl sites for hydroxylation is 2. The minimum atomic E-state index is 0.411. The van der Waals surface area contributed by atoms with Crippen molar-refractivity contribution in [2.24, 2.45) is 0 Å². The molecule has 0 saturated heterocycles. The van der Waals surface area contributed by atoms with Gasteiger partial charge in [0.2, 0.25) is 4.77 Å². The summed E-state index contributed by atoms with van der Waals surface area (Å²) in [4.78, 5) is 7.56. The largest absolute Gasteiger partial charge is 0.336 e. The lowest BCUT2D eigenvalue weighted by Crippen LogP contribution is -1.87. The van der Waals surface area contributed by atoms with E-state index in [-0.39, 0.29) is 0 Å². The summed E-state index contributed by atoms with van der Waals surface area (Å²) in [6.45, 7) is 4.15. The first kappa shape index (κ1) is 9.47. The van der Waals surface area contributed by atoms with Crippen LogP contribution >= 0.6 is 12.2 Å². The predicted molar refractivity (Wildman–Crippen MR) is 66.1 cm³/mol. The molecule has 0 aliphatic rings. The lowest BCUT2D eigenvalue weighted by atomic mass is 10.1. The van der Waals surface area contributed by atoms with Gasteiger partial charge in [0.15, 0.2) is 5.65 Å². The van der Waals surface area contributed by atoms with Gasteiger partial charge in [-0.25, -0.2) is 10.1 Å². The Bertz CT molecular complexity index is 754. The Balaban J connectivity index is 2.62. The van der Waals surface area contributed by atoms with Gasteiger partial charge in [0.1, 0.15) is 5.52 Å². The number of fused-ring (bicyclic) bond motifs is 3. The normalized spacial score (nSPS) is 11.4.